The van der Waals surface area contributed by atoms with E-state index in [0.717, 1.165) is 32.7 Å². The van der Waals surface area contributed by atoms with Crippen molar-refractivity contribution < 1.29 is 4.74 Å². The summed E-state index contributed by atoms with van der Waals surface area (Å²) in [6.45, 7) is 3.29. The zero-order valence-electron chi connectivity index (χ0n) is 14.1. The van der Waals surface area contributed by atoms with E-state index in [0.29, 0.717) is 6.04 Å². The highest BCUT2D eigenvalue weighted by atomic mass is 16.5. The quantitative estimate of drug-likeness (QED) is 0.753. The fourth-order valence-electron chi connectivity index (χ4n) is 3.20. The Morgan fingerprint density at radius 3 is 2.76 bits per heavy atom. The van der Waals surface area contributed by atoms with E-state index < -0.39 is 0 Å². The van der Waals surface area contributed by atoms with Crippen LogP contribution in [0.15, 0.2) is 61.2 Å². The lowest BCUT2D eigenvalue weighted by Gasteiger charge is -2.14. The molecular formula is C20H22N4O. The minimum absolute atomic E-state index is 0.470. The minimum Gasteiger partial charge on any atom is -0.380 e. The molecule has 0 spiro atoms. The third kappa shape index (κ3) is 3.95. The zero-order chi connectivity index (χ0) is 16.9. The zero-order valence-corrected chi connectivity index (χ0v) is 14.1. The van der Waals surface area contributed by atoms with E-state index in [9.17, 15) is 0 Å². The Kier molecular flexibility index (Phi) is 4.86. The Balaban J connectivity index is 1.48. The van der Waals surface area contributed by atoms with E-state index in [-0.39, 0.29) is 0 Å². The van der Waals surface area contributed by atoms with Crippen LogP contribution in [0.4, 0.5) is 0 Å². The summed E-state index contributed by atoms with van der Waals surface area (Å²) in [5.74, 6) is 0. The van der Waals surface area contributed by atoms with Crippen LogP contribution < -0.4 is 5.32 Å². The number of hydrogen-bond donors (Lipinski definition) is 1. The van der Waals surface area contributed by atoms with Crippen LogP contribution in [0.1, 0.15) is 17.5 Å². The summed E-state index contributed by atoms with van der Waals surface area (Å²) in [5, 5.41) is 7.76. The van der Waals surface area contributed by atoms with Gasteiger partial charge in [-0.05, 0) is 28.7 Å². The molecule has 1 fully saturated rings. The number of aromatic nitrogens is 3. The van der Waals surface area contributed by atoms with E-state index in [1.54, 1.807) is 12.7 Å². The average Bonchev–Trinajstić information content (AvgIpc) is 3.35. The normalized spacial score (nSPS) is 17.0. The summed E-state index contributed by atoms with van der Waals surface area (Å²) >= 11 is 0. The second-order valence-corrected chi connectivity index (χ2v) is 6.39. The smallest absolute Gasteiger partial charge is 0.137 e. The largest absolute Gasteiger partial charge is 0.380 e. The lowest BCUT2D eigenvalue weighted by Crippen LogP contribution is -2.28. The number of nitrogens with zero attached hydrogens (tertiary/aromatic N) is 3. The molecule has 25 heavy (non-hydrogen) atoms. The molecule has 1 N–H and O–H groups in total. The average molecular weight is 334 g/mol. The Labute approximate surface area is 147 Å². The second-order valence-electron chi connectivity index (χ2n) is 6.39. The molecule has 1 aliphatic heterocycles. The number of ether oxygens (including phenoxy) is 1. The monoisotopic (exact) mass is 334 g/mol. The molecule has 5 nitrogen and oxygen atoms in total. The van der Waals surface area contributed by atoms with Gasteiger partial charge in [0.1, 0.15) is 12.7 Å². The molecule has 5 heteroatoms. The van der Waals surface area contributed by atoms with Crippen molar-refractivity contribution in [2.24, 2.45) is 0 Å². The molecule has 0 amide bonds. The third-order valence-electron chi connectivity index (χ3n) is 4.60. The van der Waals surface area contributed by atoms with Crippen molar-refractivity contribution in [3.8, 4) is 11.1 Å². The van der Waals surface area contributed by atoms with E-state index >= 15 is 0 Å². The summed E-state index contributed by atoms with van der Waals surface area (Å²) in [7, 11) is 0. The van der Waals surface area contributed by atoms with Crippen LogP contribution in [0.25, 0.3) is 11.1 Å². The van der Waals surface area contributed by atoms with Gasteiger partial charge in [0.15, 0.2) is 0 Å². The van der Waals surface area contributed by atoms with Crippen LogP contribution in [-0.2, 0) is 17.8 Å². The van der Waals surface area contributed by atoms with E-state index in [1.165, 1.54) is 22.3 Å². The first-order valence-electron chi connectivity index (χ1n) is 8.69. The predicted octanol–water partition coefficient (Wildman–Crippen LogP) is 2.87. The molecule has 0 bridgehead atoms. The molecule has 3 aromatic rings. The van der Waals surface area contributed by atoms with Gasteiger partial charge in [0.25, 0.3) is 0 Å². The van der Waals surface area contributed by atoms with Gasteiger partial charge in [-0.3, -0.25) is 0 Å². The van der Waals surface area contributed by atoms with Crippen molar-refractivity contribution in [1.82, 2.24) is 20.1 Å². The van der Waals surface area contributed by atoms with Gasteiger partial charge in [0, 0.05) is 19.2 Å². The molecule has 1 atom stereocenters. The summed E-state index contributed by atoms with van der Waals surface area (Å²) in [5.41, 5.74) is 5.05. The fourth-order valence-corrected chi connectivity index (χ4v) is 3.20. The van der Waals surface area contributed by atoms with Crippen LogP contribution in [0.3, 0.4) is 0 Å². The lowest BCUT2D eigenvalue weighted by atomic mass is 9.98. The maximum Gasteiger partial charge on any atom is 0.137 e. The number of nitrogens with one attached hydrogen (secondary N) is 1. The molecule has 0 saturated carbocycles. The highest BCUT2D eigenvalue weighted by Crippen LogP contribution is 2.24. The first kappa shape index (κ1) is 16.0. The van der Waals surface area contributed by atoms with Crippen molar-refractivity contribution in [2.75, 3.05) is 13.2 Å². The summed E-state index contributed by atoms with van der Waals surface area (Å²) in [4.78, 5) is 3.98. The standard InChI is InChI=1S/C20H22N4O/c1-2-4-20(18(3-1)11-22-19-9-10-25-13-19)17-7-5-16(6-8-17)12-24-15-21-14-23-24/h1-8,14-15,19,22H,9-13H2/t19-/m0/s1. The third-order valence-corrected chi connectivity index (χ3v) is 4.60. The molecule has 1 aliphatic rings. The highest BCUT2D eigenvalue weighted by molar-refractivity contribution is 5.67. The number of rotatable bonds is 6. The van der Waals surface area contributed by atoms with Gasteiger partial charge < -0.3 is 10.1 Å². The van der Waals surface area contributed by atoms with Crippen molar-refractivity contribution in [2.45, 2.75) is 25.6 Å². The SMILES string of the molecule is c1ccc(-c2ccc(Cn3cncn3)cc2)c(CN[C@H]2CCOC2)c1. The Morgan fingerprint density at radius 2 is 2.00 bits per heavy atom. The molecule has 0 aliphatic carbocycles. The first-order chi connectivity index (χ1) is 12.4. The van der Waals surface area contributed by atoms with Gasteiger partial charge in [-0.15, -0.1) is 0 Å². The lowest BCUT2D eigenvalue weighted by molar-refractivity contribution is 0.190. The first-order valence-corrected chi connectivity index (χ1v) is 8.69. The molecule has 2 aromatic carbocycles. The predicted molar refractivity (Wildman–Crippen MR) is 97.1 cm³/mol. The van der Waals surface area contributed by atoms with E-state index in [1.807, 2.05) is 4.68 Å². The molecule has 2 heterocycles. The van der Waals surface area contributed by atoms with Gasteiger partial charge in [-0.1, -0.05) is 48.5 Å². The molecule has 1 saturated heterocycles. The summed E-state index contributed by atoms with van der Waals surface area (Å²) in [6.07, 6.45) is 4.40. The van der Waals surface area contributed by atoms with Crippen LogP contribution in [0.5, 0.6) is 0 Å². The van der Waals surface area contributed by atoms with Crippen LogP contribution in [-0.4, -0.2) is 34.0 Å². The topological polar surface area (TPSA) is 52.0 Å². The Hall–Kier alpha value is -2.50. The van der Waals surface area contributed by atoms with Crippen molar-refractivity contribution in [3.63, 3.8) is 0 Å². The highest BCUT2D eigenvalue weighted by Gasteiger charge is 2.15. The maximum absolute atomic E-state index is 5.44. The van der Waals surface area contributed by atoms with Crippen LogP contribution in [0.2, 0.25) is 0 Å². The van der Waals surface area contributed by atoms with E-state index in [4.69, 9.17) is 4.74 Å². The number of hydrogen-bond acceptors (Lipinski definition) is 4. The Bertz CT molecular complexity index is 793. The van der Waals surface area contributed by atoms with Gasteiger partial charge in [0.2, 0.25) is 0 Å². The molecule has 0 radical (unpaired) electrons. The molecule has 1 aromatic heterocycles. The van der Waals surface area contributed by atoms with Crippen LogP contribution >= 0.6 is 0 Å². The second kappa shape index (κ2) is 7.59. The van der Waals surface area contributed by atoms with Gasteiger partial charge in [-0.2, -0.15) is 5.10 Å². The summed E-state index contributed by atoms with van der Waals surface area (Å²) in [6, 6.07) is 17.7. The maximum atomic E-state index is 5.44. The summed E-state index contributed by atoms with van der Waals surface area (Å²) < 4.78 is 7.27. The molecule has 0 unspecified atom stereocenters. The van der Waals surface area contributed by atoms with Gasteiger partial charge >= 0.3 is 0 Å². The molecule has 4 rings (SSSR count). The van der Waals surface area contributed by atoms with Crippen molar-refractivity contribution in [3.05, 3.63) is 72.3 Å². The number of benzene rings is 2. The van der Waals surface area contributed by atoms with Gasteiger partial charge in [0.05, 0.1) is 13.2 Å². The van der Waals surface area contributed by atoms with Crippen LogP contribution in [0, 0.1) is 0 Å². The van der Waals surface area contributed by atoms with E-state index in [2.05, 4.69) is 63.9 Å². The van der Waals surface area contributed by atoms with Crippen molar-refractivity contribution in [1.29, 1.82) is 0 Å². The van der Waals surface area contributed by atoms with Gasteiger partial charge in [-0.25, -0.2) is 9.67 Å². The minimum atomic E-state index is 0.470. The molecular weight excluding hydrogens is 312 g/mol. The molecule has 128 valence electrons. The fraction of sp³-hybridized carbons (Fsp3) is 0.300. The Morgan fingerprint density at radius 1 is 1.12 bits per heavy atom. The van der Waals surface area contributed by atoms with Crippen molar-refractivity contribution >= 4 is 0 Å².